The Labute approximate surface area is 263 Å². The van der Waals surface area contributed by atoms with Crippen molar-refractivity contribution in [1.29, 1.82) is 0 Å². The van der Waals surface area contributed by atoms with Gasteiger partial charge in [-0.25, -0.2) is 9.55 Å². The molecule has 3 heteroatoms. The molecule has 3 nitrogen and oxygen atoms in total. The molecular weight excluding hydrogens is 548 g/mol. The highest BCUT2D eigenvalue weighted by molar-refractivity contribution is 6.09. The van der Waals surface area contributed by atoms with E-state index in [2.05, 4.69) is 130 Å². The number of pyridine rings is 2. The summed E-state index contributed by atoms with van der Waals surface area (Å²) in [6, 6.07) is 32.1. The van der Waals surface area contributed by atoms with Crippen molar-refractivity contribution in [3.8, 4) is 22.4 Å². The van der Waals surface area contributed by atoms with Gasteiger partial charge in [-0.3, -0.25) is 0 Å². The SMILES string of the molecule is Cc1ccc2c(c1)C1c3ccccc3C2c2cc(-c3cc[n+](C)c(-c4c(C)c(C)cc5c4oc4nc(C)ccc45)c3)cc(C)c21. The fraction of sp³-hybridized carbons (Fsp3) is 0.190. The fourth-order valence-electron chi connectivity index (χ4n) is 8.27. The first-order valence-electron chi connectivity index (χ1n) is 15.9. The zero-order valence-corrected chi connectivity index (χ0v) is 26.6. The first-order chi connectivity index (χ1) is 21.8. The van der Waals surface area contributed by atoms with Crippen molar-refractivity contribution in [2.75, 3.05) is 0 Å². The topological polar surface area (TPSA) is 29.9 Å². The molecule has 2 bridgehead atoms. The van der Waals surface area contributed by atoms with E-state index in [0.717, 1.165) is 33.3 Å². The molecule has 4 aromatic carbocycles. The van der Waals surface area contributed by atoms with Gasteiger partial charge in [0.2, 0.25) is 11.4 Å². The fourth-order valence-corrected chi connectivity index (χ4v) is 8.27. The molecule has 10 rings (SSSR count). The molecule has 3 aliphatic carbocycles. The number of aromatic nitrogens is 2. The maximum atomic E-state index is 6.53. The Morgan fingerprint density at radius 2 is 1.42 bits per heavy atom. The molecule has 0 saturated carbocycles. The van der Waals surface area contributed by atoms with Crippen LogP contribution >= 0.6 is 0 Å². The minimum atomic E-state index is 0.250. The first kappa shape index (κ1) is 26.4. The van der Waals surface area contributed by atoms with Crippen LogP contribution in [0.3, 0.4) is 0 Å². The molecule has 0 fully saturated rings. The van der Waals surface area contributed by atoms with Gasteiger partial charge in [0, 0.05) is 40.4 Å². The van der Waals surface area contributed by atoms with Crippen molar-refractivity contribution < 1.29 is 8.98 Å². The van der Waals surface area contributed by atoms with E-state index < -0.39 is 0 Å². The average molecular weight is 584 g/mol. The number of furan rings is 1. The van der Waals surface area contributed by atoms with E-state index in [4.69, 9.17) is 9.40 Å². The van der Waals surface area contributed by atoms with Gasteiger partial charge in [0.1, 0.15) is 7.05 Å². The predicted molar refractivity (Wildman–Crippen MR) is 182 cm³/mol. The van der Waals surface area contributed by atoms with Crippen molar-refractivity contribution in [3.05, 3.63) is 152 Å². The number of fused-ring (bicyclic) bond motifs is 3. The van der Waals surface area contributed by atoms with Crippen molar-refractivity contribution in [2.24, 2.45) is 7.05 Å². The molecular formula is C42H35N2O+. The highest BCUT2D eigenvalue weighted by Crippen LogP contribution is 2.57. The van der Waals surface area contributed by atoms with Crippen LogP contribution in [0.5, 0.6) is 0 Å². The van der Waals surface area contributed by atoms with Crippen LogP contribution < -0.4 is 4.57 Å². The van der Waals surface area contributed by atoms with E-state index in [9.17, 15) is 0 Å². The summed E-state index contributed by atoms with van der Waals surface area (Å²) >= 11 is 0. The average Bonchev–Trinajstić information content (AvgIpc) is 3.38. The lowest BCUT2D eigenvalue weighted by Gasteiger charge is -2.43. The van der Waals surface area contributed by atoms with Crippen LogP contribution in [0.25, 0.3) is 44.5 Å². The van der Waals surface area contributed by atoms with Crippen molar-refractivity contribution in [1.82, 2.24) is 4.98 Å². The van der Waals surface area contributed by atoms with E-state index >= 15 is 0 Å². The van der Waals surface area contributed by atoms with Crippen molar-refractivity contribution in [3.63, 3.8) is 0 Å². The summed E-state index contributed by atoms with van der Waals surface area (Å²) in [6.45, 7) is 10.9. The molecule has 0 amide bonds. The molecule has 0 spiro atoms. The molecule has 218 valence electrons. The second-order valence-electron chi connectivity index (χ2n) is 13.3. The Kier molecular flexibility index (Phi) is 5.42. The monoisotopic (exact) mass is 583 g/mol. The molecule has 3 aliphatic rings. The summed E-state index contributed by atoms with van der Waals surface area (Å²) in [5.41, 5.74) is 21.3. The number of nitrogens with zero attached hydrogens (tertiary/aromatic N) is 2. The molecule has 0 radical (unpaired) electrons. The van der Waals surface area contributed by atoms with Crippen LogP contribution in [0.15, 0.2) is 95.5 Å². The molecule has 3 aromatic heterocycles. The molecule has 0 N–H and O–H groups in total. The Morgan fingerprint density at radius 3 is 2.24 bits per heavy atom. The third kappa shape index (κ3) is 3.64. The summed E-state index contributed by atoms with van der Waals surface area (Å²) in [5, 5.41) is 2.18. The van der Waals surface area contributed by atoms with E-state index in [0.29, 0.717) is 5.71 Å². The van der Waals surface area contributed by atoms with Crippen molar-refractivity contribution in [2.45, 2.75) is 46.5 Å². The second-order valence-corrected chi connectivity index (χ2v) is 13.3. The summed E-state index contributed by atoms with van der Waals surface area (Å²) in [7, 11) is 2.13. The smallest absolute Gasteiger partial charge is 0.227 e. The standard InChI is InChI=1S/C42H35N2O/c1-22-11-13-31-33(17-22)40-30-10-8-7-9-29(30)39(31)35-20-28(18-24(3)37(35)40)27-15-16-44(6)36(21-27)38-26(5)23(2)19-34-32-14-12-25(4)43-42(32)45-41(34)38/h7-21,39-40H,1-6H3/q+1. The van der Waals surface area contributed by atoms with E-state index in [1.807, 2.05) is 6.92 Å². The van der Waals surface area contributed by atoms with Gasteiger partial charge >= 0.3 is 0 Å². The van der Waals surface area contributed by atoms with Gasteiger partial charge in [0.15, 0.2) is 11.8 Å². The Bertz CT molecular complexity index is 2410. The molecule has 2 unspecified atom stereocenters. The second kappa shape index (κ2) is 9.25. The summed E-state index contributed by atoms with van der Waals surface area (Å²) in [5.74, 6) is 0.530. The number of aryl methyl sites for hydroxylation is 5. The van der Waals surface area contributed by atoms with Gasteiger partial charge < -0.3 is 4.42 Å². The Morgan fingerprint density at radius 1 is 0.644 bits per heavy atom. The quantitative estimate of drug-likeness (QED) is 0.190. The van der Waals surface area contributed by atoms with Crippen LogP contribution in [0.4, 0.5) is 0 Å². The first-order valence-corrected chi connectivity index (χ1v) is 15.9. The Balaban J connectivity index is 1.25. The maximum Gasteiger partial charge on any atom is 0.227 e. The minimum Gasteiger partial charge on any atom is -0.437 e. The molecule has 3 heterocycles. The third-order valence-corrected chi connectivity index (χ3v) is 10.5. The number of hydrogen-bond donors (Lipinski definition) is 0. The van der Waals surface area contributed by atoms with Gasteiger partial charge in [-0.05, 0) is 120 Å². The van der Waals surface area contributed by atoms with Gasteiger partial charge in [-0.15, -0.1) is 0 Å². The summed E-state index contributed by atoms with van der Waals surface area (Å²) < 4.78 is 8.75. The molecule has 2 atom stereocenters. The maximum absolute atomic E-state index is 6.53. The molecule has 7 aromatic rings. The van der Waals surface area contributed by atoms with E-state index in [-0.39, 0.29) is 11.8 Å². The van der Waals surface area contributed by atoms with Gasteiger partial charge in [0.05, 0.1) is 5.56 Å². The lowest BCUT2D eigenvalue weighted by Crippen LogP contribution is -2.30. The van der Waals surface area contributed by atoms with Gasteiger partial charge in [-0.1, -0.05) is 54.1 Å². The van der Waals surface area contributed by atoms with Crippen LogP contribution in [0.2, 0.25) is 0 Å². The molecule has 0 aliphatic heterocycles. The van der Waals surface area contributed by atoms with Crippen LogP contribution in [0.1, 0.15) is 73.2 Å². The normalized spacial score (nSPS) is 16.2. The molecule has 45 heavy (non-hydrogen) atoms. The van der Waals surface area contributed by atoms with Crippen LogP contribution in [0, 0.1) is 34.6 Å². The Hall–Kier alpha value is -5.02. The number of rotatable bonds is 2. The predicted octanol–water partition coefficient (Wildman–Crippen LogP) is 9.67. The van der Waals surface area contributed by atoms with Crippen LogP contribution in [-0.2, 0) is 7.05 Å². The van der Waals surface area contributed by atoms with Gasteiger partial charge in [0.25, 0.3) is 0 Å². The lowest BCUT2D eigenvalue weighted by atomic mass is 9.60. The third-order valence-electron chi connectivity index (χ3n) is 10.5. The van der Waals surface area contributed by atoms with E-state index in [1.54, 1.807) is 0 Å². The zero-order valence-electron chi connectivity index (χ0n) is 26.6. The highest BCUT2D eigenvalue weighted by Gasteiger charge is 2.42. The lowest BCUT2D eigenvalue weighted by molar-refractivity contribution is -0.660. The number of benzene rings is 4. The minimum absolute atomic E-state index is 0.250. The van der Waals surface area contributed by atoms with E-state index in [1.165, 1.54) is 66.8 Å². The summed E-state index contributed by atoms with van der Waals surface area (Å²) in [4.78, 5) is 4.73. The highest BCUT2D eigenvalue weighted by atomic mass is 16.3. The largest absolute Gasteiger partial charge is 0.437 e. The number of hydrogen-bond acceptors (Lipinski definition) is 2. The van der Waals surface area contributed by atoms with Crippen LogP contribution in [-0.4, -0.2) is 4.98 Å². The summed E-state index contributed by atoms with van der Waals surface area (Å²) in [6.07, 6.45) is 2.19. The zero-order chi connectivity index (χ0) is 30.7. The van der Waals surface area contributed by atoms with Crippen molar-refractivity contribution >= 4 is 22.1 Å². The molecule has 0 saturated heterocycles. The van der Waals surface area contributed by atoms with Gasteiger partial charge in [-0.2, -0.15) is 0 Å².